The summed E-state index contributed by atoms with van der Waals surface area (Å²) in [7, 11) is -1.33. The van der Waals surface area contributed by atoms with Crippen molar-refractivity contribution in [3.63, 3.8) is 0 Å². The number of benzene rings is 4. The summed E-state index contributed by atoms with van der Waals surface area (Å²) in [6.45, 7) is 7.16. The van der Waals surface area contributed by atoms with Crippen molar-refractivity contribution >= 4 is 24.4 Å². The summed E-state index contributed by atoms with van der Waals surface area (Å²) in [5, 5.41) is 1.49. The first-order chi connectivity index (χ1) is 15.0. The summed E-state index contributed by atoms with van der Waals surface area (Å²) in [6.07, 6.45) is 0. The van der Waals surface area contributed by atoms with E-state index in [9.17, 15) is 0 Å². The Balaban J connectivity index is 1.46. The molecule has 0 atom stereocenters. The summed E-state index contributed by atoms with van der Waals surface area (Å²) in [5.41, 5.74) is 7.55. The second-order valence-corrected chi connectivity index (χ2v) is 14.1. The molecule has 0 saturated heterocycles. The van der Waals surface area contributed by atoms with E-state index < -0.39 is 8.07 Å². The Bertz CT molecular complexity index is 1330. The van der Waals surface area contributed by atoms with Gasteiger partial charge in [-0.05, 0) is 46.5 Å². The molecule has 0 spiro atoms. The van der Waals surface area contributed by atoms with Crippen LogP contribution in [0.4, 0.5) is 0 Å². The Hall–Kier alpha value is -3.43. The van der Waals surface area contributed by atoms with Gasteiger partial charge in [-0.3, -0.25) is 0 Å². The van der Waals surface area contributed by atoms with E-state index in [4.69, 9.17) is 4.42 Å². The fourth-order valence-electron chi connectivity index (χ4n) is 3.85. The molecule has 1 aromatic heterocycles. The molecule has 0 aliphatic rings. The molecule has 152 valence electrons. The van der Waals surface area contributed by atoms with Crippen LogP contribution in [0.1, 0.15) is 0 Å². The molecule has 5 aromatic rings. The monoisotopic (exact) mass is 419 g/mol. The van der Waals surface area contributed by atoms with Crippen molar-refractivity contribution in [3.8, 4) is 33.7 Å². The largest absolute Gasteiger partial charge is 0.436 e. The average molecular weight is 420 g/mol. The van der Waals surface area contributed by atoms with Crippen molar-refractivity contribution in [2.24, 2.45) is 0 Å². The number of nitrogens with zero attached hydrogens (tertiary/aromatic N) is 1. The van der Waals surface area contributed by atoms with Gasteiger partial charge in [0, 0.05) is 5.56 Å². The second-order valence-electron chi connectivity index (χ2n) is 8.98. The van der Waals surface area contributed by atoms with Crippen LogP contribution in [0.15, 0.2) is 101 Å². The molecule has 0 saturated carbocycles. The molecule has 4 aromatic carbocycles. The van der Waals surface area contributed by atoms with Crippen LogP contribution in [0, 0.1) is 0 Å². The first-order valence-electron chi connectivity index (χ1n) is 10.6. The maximum Gasteiger partial charge on any atom is 0.227 e. The zero-order valence-corrected chi connectivity index (χ0v) is 19.1. The predicted molar refractivity (Wildman–Crippen MR) is 133 cm³/mol. The molecule has 3 heteroatoms. The number of rotatable bonds is 4. The highest BCUT2D eigenvalue weighted by atomic mass is 28.3. The fraction of sp³-hybridized carbons (Fsp3) is 0.107. The Labute approximate surface area is 184 Å². The summed E-state index contributed by atoms with van der Waals surface area (Å²) in [4.78, 5) is 4.64. The Kier molecular flexibility index (Phi) is 4.83. The summed E-state index contributed by atoms with van der Waals surface area (Å²) in [5.74, 6) is 0.655. The molecule has 2 nitrogen and oxygen atoms in total. The normalized spacial score (nSPS) is 11.7. The summed E-state index contributed by atoms with van der Waals surface area (Å²) >= 11 is 0. The minimum Gasteiger partial charge on any atom is -0.436 e. The van der Waals surface area contributed by atoms with Gasteiger partial charge < -0.3 is 4.42 Å². The SMILES string of the molecule is C[Si](C)(C)c1cccc(-c2ccc(-c3cccc(-c4nc5ccccc5o4)c3)cc2)c1. The van der Waals surface area contributed by atoms with Gasteiger partial charge >= 0.3 is 0 Å². The molecule has 5 rings (SSSR count). The Morgan fingerprint density at radius 2 is 1.19 bits per heavy atom. The van der Waals surface area contributed by atoms with Crippen molar-refractivity contribution < 1.29 is 4.42 Å². The van der Waals surface area contributed by atoms with Gasteiger partial charge in [0.2, 0.25) is 5.89 Å². The highest BCUT2D eigenvalue weighted by Gasteiger charge is 2.16. The zero-order chi connectivity index (χ0) is 21.4. The van der Waals surface area contributed by atoms with E-state index in [1.807, 2.05) is 30.3 Å². The standard InChI is InChI=1S/C28H25NOSi/c1-31(2,3)25-11-7-9-23(19-25)21-16-14-20(15-17-21)22-8-6-10-24(18-22)28-29-26-12-4-5-13-27(26)30-28/h4-19H,1-3H3. The number of para-hydroxylation sites is 2. The van der Waals surface area contributed by atoms with Crippen molar-refractivity contribution in [2.75, 3.05) is 0 Å². The van der Waals surface area contributed by atoms with Crippen LogP contribution in [0.3, 0.4) is 0 Å². The highest BCUT2D eigenvalue weighted by molar-refractivity contribution is 6.88. The number of fused-ring (bicyclic) bond motifs is 1. The Morgan fingerprint density at radius 1 is 0.581 bits per heavy atom. The van der Waals surface area contributed by atoms with E-state index in [1.165, 1.54) is 21.9 Å². The number of hydrogen-bond acceptors (Lipinski definition) is 2. The van der Waals surface area contributed by atoms with E-state index >= 15 is 0 Å². The van der Waals surface area contributed by atoms with Crippen LogP contribution >= 0.6 is 0 Å². The third-order valence-electron chi connectivity index (χ3n) is 5.68. The molecular formula is C28H25NOSi. The number of hydrogen-bond donors (Lipinski definition) is 0. The molecule has 31 heavy (non-hydrogen) atoms. The third-order valence-corrected chi connectivity index (χ3v) is 7.73. The fourth-order valence-corrected chi connectivity index (χ4v) is 5.03. The van der Waals surface area contributed by atoms with Crippen molar-refractivity contribution in [1.82, 2.24) is 4.98 Å². The van der Waals surface area contributed by atoms with Gasteiger partial charge in [0.25, 0.3) is 0 Å². The van der Waals surface area contributed by atoms with E-state index in [0.29, 0.717) is 5.89 Å². The maximum absolute atomic E-state index is 5.95. The van der Waals surface area contributed by atoms with E-state index in [0.717, 1.165) is 22.2 Å². The van der Waals surface area contributed by atoms with E-state index in [1.54, 1.807) is 0 Å². The van der Waals surface area contributed by atoms with Crippen molar-refractivity contribution in [1.29, 1.82) is 0 Å². The van der Waals surface area contributed by atoms with E-state index in [2.05, 4.69) is 91.4 Å². The van der Waals surface area contributed by atoms with Crippen molar-refractivity contribution in [2.45, 2.75) is 19.6 Å². The first kappa shape index (κ1) is 19.5. The lowest BCUT2D eigenvalue weighted by molar-refractivity contribution is 0.620. The molecule has 0 N–H and O–H groups in total. The van der Waals surface area contributed by atoms with Gasteiger partial charge in [-0.2, -0.15) is 0 Å². The minimum absolute atomic E-state index is 0.655. The van der Waals surface area contributed by atoms with Crippen LogP contribution in [0.25, 0.3) is 44.8 Å². The second kappa shape index (κ2) is 7.68. The molecule has 0 unspecified atom stereocenters. The maximum atomic E-state index is 5.95. The molecule has 0 fully saturated rings. The quantitative estimate of drug-likeness (QED) is 0.284. The van der Waals surface area contributed by atoms with Gasteiger partial charge in [0.1, 0.15) is 5.52 Å². The van der Waals surface area contributed by atoms with Gasteiger partial charge in [0.15, 0.2) is 5.58 Å². The molecule has 1 heterocycles. The molecule has 0 aliphatic carbocycles. The van der Waals surface area contributed by atoms with E-state index in [-0.39, 0.29) is 0 Å². The molecule has 0 radical (unpaired) electrons. The summed E-state index contributed by atoms with van der Waals surface area (Å²) in [6, 6.07) is 34.1. The number of oxazole rings is 1. The van der Waals surface area contributed by atoms with Crippen LogP contribution in [-0.2, 0) is 0 Å². The average Bonchev–Trinajstić information content (AvgIpc) is 3.23. The van der Waals surface area contributed by atoms with Gasteiger partial charge in [-0.1, -0.05) is 97.6 Å². The van der Waals surface area contributed by atoms with Gasteiger partial charge in [0.05, 0.1) is 8.07 Å². The molecule has 0 aliphatic heterocycles. The third kappa shape index (κ3) is 3.97. The lowest BCUT2D eigenvalue weighted by Crippen LogP contribution is -2.37. The molecule has 0 bridgehead atoms. The predicted octanol–water partition coefficient (Wildman–Crippen LogP) is 7.37. The van der Waals surface area contributed by atoms with Crippen LogP contribution < -0.4 is 5.19 Å². The van der Waals surface area contributed by atoms with Crippen molar-refractivity contribution in [3.05, 3.63) is 97.1 Å². The first-order valence-corrected chi connectivity index (χ1v) is 14.1. The van der Waals surface area contributed by atoms with Crippen LogP contribution in [0.5, 0.6) is 0 Å². The molecule has 0 amide bonds. The smallest absolute Gasteiger partial charge is 0.227 e. The zero-order valence-electron chi connectivity index (χ0n) is 18.1. The Morgan fingerprint density at radius 3 is 1.87 bits per heavy atom. The molecular weight excluding hydrogens is 394 g/mol. The lowest BCUT2D eigenvalue weighted by atomic mass is 9.99. The van der Waals surface area contributed by atoms with Crippen LogP contribution in [-0.4, -0.2) is 13.1 Å². The topological polar surface area (TPSA) is 26.0 Å². The number of aromatic nitrogens is 1. The van der Waals surface area contributed by atoms with Gasteiger partial charge in [-0.15, -0.1) is 0 Å². The lowest BCUT2D eigenvalue weighted by Gasteiger charge is -2.17. The van der Waals surface area contributed by atoms with Crippen LogP contribution in [0.2, 0.25) is 19.6 Å². The van der Waals surface area contributed by atoms with Gasteiger partial charge in [-0.25, -0.2) is 4.98 Å². The highest BCUT2D eigenvalue weighted by Crippen LogP contribution is 2.30. The summed E-state index contributed by atoms with van der Waals surface area (Å²) < 4.78 is 5.95. The minimum atomic E-state index is -1.33.